The van der Waals surface area contributed by atoms with Crippen molar-refractivity contribution in [1.82, 2.24) is 0 Å². The van der Waals surface area contributed by atoms with E-state index in [0.29, 0.717) is 30.6 Å². The third-order valence-corrected chi connectivity index (χ3v) is 3.47. The largest absolute Gasteiger partial charge is 0.492 e. The van der Waals surface area contributed by atoms with E-state index < -0.39 is 0 Å². The van der Waals surface area contributed by atoms with Crippen LogP contribution in [0.25, 0.3) is 0 Å². The molecule has 0 aliphatic carbocycles. The minimum atomic E-state index is 0.519. The predicted octanol–water partition coefficient (Wildman–Crippen LogP) is 4.64. The summed E-state index contributed by atoms with van der Waals surface area (Å²) >= 11 is 6.29. The Labute approximate surface area is 136 Å². The van der Waals surface area contributed by atoms with E-state index in [-0.39, 0.29) is 0 Å². The lowest BCUT2D eigenvalue weighted by atomic mass is 10.2. The molecule has 0 aliphatic heterocycles. The molecule has 3 nitrogen and oxygen atoms in total. The van der Waals surface area contributed by atoms with Gasteiger partial charge in [0.05, 0.1) is 11.6 Å². The summed E-state index contributed by atoms with van der Waals surface area (Å²) in [7, 11) is 1.68. The highest BCUT2D eigenvalue weighted by Gasteiger charge is 2.09. The summed E-state index contributed by atoms with van der Waals surface area (Å²) in [5.74, 6) is 1.46. The Balaban J connectivity index is 1.96. The SMILES string of the molecule is COCCCOc1c(C)cc(OCc2ccccc2)cc1Cl. The molecule has 0 N–H and O–H groups in total. The van der Waals surface area contributed by atoms with Gasteiger partial charge >= 0.3 is 0 Å². The molecule has 0 bridgehead atoms. The van der Waals surface area contributed by atoms with Crippen LogP contribution in [-0.4, -0.2) is 20.3 Å². The maximum atomic E-state index is 6.29. The van der Waals surface area contributed by atoms with Crippen LogP contribution in [0.4, 0.5) is 0 Å². The van der Waals surface area contributed by atoms with Crippen LogP contribution in [-0.2, 0) is 11.3 Å². The second-order valence-electron chi connectivity index (χ2n) is 5.02. The monoisotopic (exact) mass is 320 g/mol. The van der Waals surface area contributed by atoms with Crippen LogP contribution >= 0.6 is 11.6 Å². The van der Waals surface area contributed by atoms with Crippen molar-refractivity contribution in [1.29, 1.82) is 0 Å². The maximum absolute atomic E-state index is 6.29. The van der Waals surface area contributed by atoms with Gasteiger partial charge in [0.1, 0.15) is 18.1 Å². The fourth-order valence-electron chi connectivity index (χ4n) is 2.08. The van der Waals surface area contributed by atoms with Crippen molar-refractivity contribution in [3.05, 3.63) is 58.6 Å². The van der Waals surface area contributed by atoms with Crippen molar-refractivity contribution >= 4 is 11.6 Å². The standard InChI is InChI=1S/C18H21ClO3/c1-14-11-16(22-13-15-7-4-3-5-8-15)12-17(19)18(14)21-10-6-9-20-2/h3-5,7-8,11-12H,6,9-10,13H2,1-2H3. The van der Waals surface area contributed by atoms with Gasteiger partial charge in [0.15, 0.2) is 0 Å². The molecular formula is C18H21ClO3. The first-order valence-electron chi connectivity index (χ1n) is 7.29. The second kappa shape index (κ2) is 8.66. The molecule has 0 unspecified atom stereocenters. The Morgan fingerprint density at radius 2 is 1.77 bits per heavy atom. The molecule has 0 saturated carbocycles. The molecule has 2 aromatic carbocycles. The Kier molecular flexibility index (Phi) is 6.56. The molecule has 2 rings (SSSR count). The molecule has 0 atom stereocenters. The van der Waals surface area contributed by atoms with Crippen LogP contribution in [0.1, 0.15) is 17.5 Å². The predicted molar refractivity (Wildman–Crippen MR) is 89.0 cm³/mol. The molecule has 118 valence electrons. The number of halogens is 1. The van der Waals surface area contributed by atoms with E-state index in [1.54, 1.807) is 13.2 Å². The van der Waals surface area contributed by atoms with E-state index in [9.17, 15) is 0 Å². The van der Waals surface area contributed by atoms with Crippen molar-refractivity contribution < 1.29 is 14.2 Å². The van der Waals surface area contributed by atoms with Gasteiger partial charge in [-0.2, -0.15) is 0 Å². The molecule has 0 aliphatic rings. The molecule has 0 radical (unpaired) electrons. The first kappa shape index (κ1) is 16.7. The van der Waals surface area contributed by atoms with Crippen LogP contribution in [0.5, 0.6) is 11.5 Å². The summed E-state index contributed by atoms with van der Waals surface area (Å²) in [6.07, 6.45) is 0.832. The summed E-state index contributed by atoms with van der Waals surface area (Å²) in [4.78, 5) is 0. The van der Waals surface area contributed by atoms with E-state index in [4.69, 9.17) is 25.8 Å². The highest BCUT2D eigenvalue weighted by Crippen LogP contribution is 2.33. The van der Waals surface area contributed by atoms with Crippen molar-refractivity contribution in [2.75, 3.05) is 20.3 Å². The lowest BCUT2D eigenvalue weighted by Crippen LogP contribution is -2.03. The molecular weight excluding hydrogens is 300 g/mol. The molecule has 0 fully saturated rings. The summed E-state index contributed by atoms with van der Waals surface area (Å²) < 4.78 is 16.5. The zero-order chi connectivity index (χ0) is 15.8. The second-order valence-corrected chi connectivity index (χ2v) is 5.43. The van der Waals surface area contributed by atoms with Crippen LogP contribution in [0.3, 0.4) is 0 Å². The Bertz CT molecular complexity index is 561. The molecule has 0 saturated heterocycles. The Hall–Kier alpha value is -1.71. The number of benzene rings is 2. The number of rotatable bonds is 8. The average Bonchev–Trinajstić information content (AvgIpc) is 2.52. The molecule has 0 amide bonds. The van der Waals surface area contributed by atoms with E-state index >= 15 is 0 Å². The Morgan fingerprint density at radius 1 is 1.00 bits per heavy atom. The lowest BCUT2D eigenvalue weighted by molar-refractivity contribution is 0.172. The van der Waals surface area contributed by atoms with Crippen molar-refractivity contribution in [2.24, 2.45) is 0 Å². The number of hydrogen-bond donors (Lipinski definition) is 0. The first-order valence-corrected chi connectivity index (χ1v) is 7.67. The summed E-state index contributed by atoms with van der Waals surface area (Å²) in [6, 6.07) is 13.8. The summed E-state index contributed by atoms with van der Waals surface area (Å²) in [6.45, 7) is 3.74. The number of aryl methyl sites for hydroxylation is 1. The lowest BCUT2D eigenvalue weighted by Gasteiger charge is -2.13. The van der Waals surface area contributed by atoms with E-state index in [1.165, 1.54) is 0 Å². The molecule has 2 aromatic rings. The van der Waals surface area contributed by atoms with Crippen LogP contribution < -0.4 is 9.47 Å². The van der Waals surface area contributed by atoms with Gasteiger partial charge in [-0.25, -0.2) is 0 Å². The van der Waals surface area contributed by atoms with E-state index in [0.717, 1.165) is 23.3 Å². The number of hydrogen-bond acceptors (Lipinski definition) is 3. The third-order valence-electron chi connectivity index (χ3n) is 3.19. The van der Waals surface area contributed by atoms with Gasteiger partial charge in [-0.1, -0.05) is 41.9 Å². The van der Waals surface area contributed by atoms with E-state index in [1.807, 2.05) is 43.3 Å². The zero-order valence-corrected chi connectivity index (χ0v) is 13.7. The zero-order valence-electron chi connectivity index (χ0n) is 13.0. The smallest absolute Gasteiger partial charge is 0.141 e. The summed E-state index contributed by atoms with van der Waals surface area (Å²) in [5.41, 5.74) is 2.09. The fraction of sp³-hybridized carbons (Fsp3) is 0.333. The molecule has 4 heteroatoms. The quantitative estimate of drug-likeness (QED) is 0.663. The number of methoxy groups -OCH3 is 1. The fourth-order valence-corrected chi connectivity index (χ4v) is 2.40. The minimum absolute atomic E-state index is 0.519. The van der Waals surface area contributed by atoms with Gasteiger partial charge in [0.25, 0.3) is 0 Å². The molecule has 0 spiro atoms. The van der Waals surface area contributed by atoms with Crippen molar-refractivity contribution in [3.63, 3.8) is 0 Å². The topological polar surface area (TPSA) is 27.7 Å². The van der Waals surface area contributed by atoms with Gasteiger partial charge in [-0.15, -0.1) is 0 Å². The van der Waals surface area contributed by atoms with Gasteiger partial charge in [-0.3, -0.25) is 0 Å². The average molecular weight is 321 g/mol. The van der Waals surface area contributed by atoms with Gasteiger partial charge in [-0.05, 0) is 24.1 Å². The van der Waals surface area contributed by atoms with Gasteiger partial charge in [0.2, 0.25) is 0 Å². The summed E-state index contributed by atoms with van der Waals surface area (Å²) in [5, 5.41) is 0.570. The van der Waals surface area contributed by atoms with Crippen molar-refractivity contribution in [2.45, 2.75) is 20.0 Å². The highest BCUT2D eigenvalue weighted by atomic mass is 35.5. The Morgan fingerprint density at radius 3 is 2.45 bits per heavy atom. The van der Waals surface area contributed by atoms with Gasteiger partial charge < -0.3 is 14.2 Å². The minimum Gasteiger partial charge on any atom is -0.492 e. The first-order chi connectivity index (χ1) is 10.7. The third kappa shape index (κ3) is 4.93. The van der Waals surface area contributed by atoms with Crippen LogP contribution in [0.15, 0.2) is 42.5 Å². The normalized spacial score (nSPS) is 10.5. The molecule has 0 aromatic heterocycles. The number of ether oxygens (including phenoxy) is 3. The molecule has 22 heavy (non-hydrogen) atoms. The van der Waals surface area contributed by atoms with E-state index in [2.05, 4.69) is 0 Å². The molecule has 0 heterocycles. The van der Waals surface area contributed by atoms with Crippen molar-refractivity contribution in [3.8, 4) is 11.5 Å². The van der Waals surface area contributed by atoms with Gasteiger partial charge in [0, 0.05) is 26.2 Å². The highest BCUT2D eigenvalue weighted by molar-refractivity contribution is 6.32. The van der Waals surface area contributed by atoms with Crippen LogP contribution in [0, 0.1) is 6.92 Å². The van der Waals surface area contributed by atoms with Crippen LogP contribution in [0.2, 0.25) is 5.02 Å². The maximum Gasteiger partial charge on any atom is 0.141 e.